The lowest BCUT2D eigenvalue weighted by atomic mass is 10.2. The second-order valence-corrected chi connectivity index (χ2v) is 5.40. The zero-order valence-corrected chi connectivity index (χ0v) is 12.7. The van der Waals surface area contributed by atoms with Crippen LogP contribution in [0.4, 0.5) is 11.4 Å². The Balaban J connectivity index is 2.29. The summed E-state index contributed by atoms with van der Waals surface area (Å²) in [7, 11) is 1.70. The number of hydrogen-bond acceptors (Lipinski definition) is 3. The lowest BCUT2D eigenvalue weighted by molar-refractivity contribution is 0.102. The first-order valence-electron chi connectivity index (χ1n) is 5.44. The second kappa shape index (κ2) is 5.22. The van der Waals surface area contributed by atoms with Gasteiger partial charge >= 0.3 is 0 Å². The third kappa shape index (κ3) is 2.90. The lowest BCUT2D eigenvalue weighted by Crippen LogP contribution is -2.15. The molecule has 0 aliphatic heterocycles. The summed E-state index contributed by atoms with van der Waals surface area (Å²) >= 11 is 9.41. The highest BCUT2D eigenvalue weighted by Crippen LogP contribution is 2.29. The van der Waals surface area contributed by atoms with E-state index >= 15 is 0 Å². The van der Waals surface area contributed by atoms with E-state index in [1.54, 1.807) is 19.3 Å². The van der Waals surface area contributed by atoms with Crippen LogP contribution >= 0.6 is 27.5 Å². The summed E-state index contributed by atoms with van der Waals surface area (Å²) < 4.78 is 2.23. The fourth-order valence-electron chi connectivity index (χ4n) is 1.61. The van der Waals surface area contributed by atoms with Crippen molar-refractivity contribution in [3.63, 3.8) is 0 Å². The molecule has 0 unspecified atom stereocenters. The first-order valence-corrected chi connectivity index (χ1v) is 6.61. The third-order valence-electron chi connectivity index (χ3n) is 2.57. The van der Waals surface area contributed by atoms with Crippen LogP contribution in [0.15, 0.2) is 22.8 Å². The number of carbonyl (C=O) groups is 1. The molecule has 1 aromatic heterocycles. The largest absolute Gasteiger partial charge is 0.396 e. The number of nitrogens with zero attached hydrogens (tertiary/aromatic N) is 2. The Labute approximate surface area is 123 Å². The molecule has 0 saturated carbocycles. The van der Waals surface area contributed by atoms with Gasteiger partial charge in [0.05, 0.1) is 11.4 Å². The monoisotopic (exact) mass is 342 g/mol. The number of amides is 1. The van der Waals surface area contributed by atoms with Gasteiger partial charge in [-0.15, -0.1) is 0 Å². The van der Waals surface area contributed by atoms with Crippen molar-refractivity contribution in [1.82, 2.24) is 9.78 Å². The molecule has 100 valence electrons. The fraction of sp³-hybridized carbons (Fsp3) is 0.167. The molecule has 0 atom stereocenters. The standard InChI is InChI=1S/C12H12BrClN4O/c1-6-3-7(13)10(4-8(6)14)16-12(19)11-9(15)5-18(2)17-11/h3-5H,15H2,1-2H3,(H,16,19). The van der Waals surface area contributed by atoms with Crippen LogP contribution in [0.5, 0.6) is 0 Å². The topological polar surface area (TPSA) is 72.9 Å². The zero-order valence-electron chi connectivity index (χ0n) is 10.4. The molecule has 7 heteroatoms. The maximum absolute atomic E-state index is 12.1. The molecule has 1 aromatic carbocycles. The number of halogens is 2. The van der Waals surface area contributed by atoms with Gasteiger partial charge in [-0.1, -0.05) is 11.6 Å². The van der Waals surface area contributed by atoms with Crippen molar-refractivity contribution in [2.75, 3.05) is 11.1 Å². The highest BCUT2D eigenvalue weighted by Gasteiger charge is 2.15. The molecule has 0 radical (unpaired) electrons. The van der Waals surface area contributed by atoms with Gasteiger partial charge in [0, 0.05) is 22.7 Å². The number of aromatic nitrogens is 2. The van der Waals surface area contributed by atoms with Crippen LogP contribution in [-0.2, 0) is 7.05 Å². The van der Waals surface area contributed by atoms with Crippen molar-refractivity contribution < 1.29 is 4.79 Å². The molecule has 0 aliphatic rings. The van der Waals surface area contributed by atoms with Gasteiger partial charge in [0.15, 0.2) is 5.69 Å². The summed E-state index contributed by atoms with van der Waals surface area (Å²) in [5, 5.41) is 7.31. The van der Waals surface area contributed by atoms with E-state index in [9.17, 15) is 4.79 Å². The molecule has 1 amide bonds. The van der Waals surface area contributed by atoms with Crippen LogP contribution < -0.4 is 11.1 Å². The van der Waals surface area contributed by atoms with E-state index in [2.05, 4.69) is 26.3 Å². The Morgan fingerprint density at radius 1 is 1.53 bits per heavy atom. The summed E-state index contributed by atoms with van der Waals surface area (Å²) in [6.45, 7) is 1.88. The number of nitrogens with one attached hydrogen (secondary N) is 1. The van der Waals surface area contributed by atoms with Crippen LogP contribution in [0.25, 0.3) is 0 Å². The molecular formula is C12H12BrClN4O. The number of anilines is 2. The molecule has 3 N–H and O–H groups in total. The highest BCUT2D eigenvalue weighted by atomic mass is 79.9. The molecule has 1 heterocycles. The van der Waals surface area contributed by atoms with E-state index in [0.29, 0.717) is 16.4 Å². The predicted octanol–water partition coefficient (Wildman–Crippen LogP) is 2.98. The maximum atomic E-state index is 12.1. The molecule has 5 nitrogen and oxygen atoms in total. The molecule has 19 heavy (non-hydrogen) atoms. The molecule has 2 rings (SSSR count). The van der Waals surface area contributed by atoms with Gasteiger partial charge < -0.3 is 11.1 Å². The van der Waals surface area contributed by atoms with Gasteiger partial charge in [0.1, 0.15) is 0 Å². The minimum absolute atomic E-state index is 0.186. The van der Waals surface area contributed by atoms with Gasteiger partial charge in [-0.2, -0.15) is 5.10 Å². The Morgan fingerprint density at radius 3 is 2.79 bits per heavy atom. The van der Waals surface area contributed by atoms with E-state index in [-0.39, 0.29) is 11.6 Å². The Kier molecular flexibility index (Phi) is 3.82. The first-order chi connectivity index (χ1) is 8.88. The van der Waals surface area contributed by atoms with E-state index in [4.69, 9.17) is 17.3 Å². The molecule has 0 fully saturated rings. The number of aryl methyl sites for hydroxylation is 2. The van der Waals surface area contributed by atoms with Crippen LogP contribution in [0.2, 0.25) is 5.02 Å². The summed E-state index contributed by atoms with van der Waals surface area (Å²) in [6, 6.07) is 3.51. The number of nitrogen functional groups attached to an aromatic ring is 1. The second-order valence-electron chi connectivity index (χ2n) is 4.14. The average molecular weight is 344 g/mol. The van der Waals surface area contributed by atoms with Crippen molar-refractivity contribution >= 4 is 44.8 Å². The molecule has 0 bridgehead atoms. The number of hydrogen-bond donors (Lipinski definition) is 2. The van der Waals surface area contributed by atoms with Crippen LogP contribution in [0, 0.1) is 6.92 Å². The summed E-state index contributed by atoms with van der Waals surface area (Å²) in [5.41, 5.74) is 7.72. The van der Waals surface area contributed by atoms with E-state index in [0.717, 1.165) is 10.0 Å². The number of rotatable bonds is 2. The van der Waals surface area contributed by atoms with Crippen molar-refractivity contribution in [2.45, 2.75) is 6.92 Å². The normalized spacial score (nSPS) is 10.5. The summed E-state index contributed by atoms with van der Waals surface area (Å²) in [6.07, 6.45) is 1.58. The minimum Gasteiger partial charge on any atom is -0.396 e. The third-order valence-corrected chi connectivity index (χ3v) is 3.63. The molecule has 0 saturated heterocycles. The zero-order chi connectivity index (χ0) is 14.2. The molecule has 0 aliphatic carbocycles. The van der Waals surface area contributed by atoms with Crippen molar-refractivity contribution in [2.24, 2.45) is 7.05 Å². The van der Waals surface area contributed by atoms with Crippen molar-refractivity contribution in [3.05, 3.63) is 39.1 Å². The quantitative estimate of drug-likeness (QED) is 0.880. The Morgan fingerprint density at radius 2 is 2.21 bits per heavy atom. The summed E-state index contributed by atoms with van der Waals surface area (Å²) in [5.74, 6) is -0.376. The SMILES string of the molecule is Cc1cc(Br)c(NC(=O)c2nn(C)cc2N)cc1Cl. The van der Waals surface area contributed by atoms with Crippen LogP contribution in [0.3, 0.4) is 0 Å². The van der Waals surface area contributed by atoms with Crippen molar-refractivity contribution in [3.8, 4) is 0 Å². The van der Waals surface area contributed by atoms with Crippen molar-refractivity contribution in [1.29, 1.82) is 0 Å². The first kappa shape index (κ1) is 13.9. The van der Waals surface area contributed by atoms with Crippen LogP contribution in [-0.4, -0.2) is 15.7 Å². The smallest absolute Gasteiger partial charge is 0.278 e. The lowest BCUT2D eigenvalue weighted by Gasteiger charge is -2.08. The van der Waals surface area contributed by atoms with Gasteiger partial charge in [-0.25, -0.2) is 0 Å². The average Bonchev–Trinajstić information content (AvgIpc) is 2.65. The van der Waals surface area contributed by atoms with Crippen LogP contribution in [0.1, 0.15) is 16.1 Å². The maximum Gasteiger partial charge on any atom is 0.278 e. The van der Waals surface area contributed by atoms with Gasteiger partial charge in [0.2, 0.25) is 0 Å². The summed E-state index contributed by atoms with van der Waals surface area (Å²) in [4.78, 5) is 12.1. The fourth-order valence-corrected chi connectivity index (χ4v) is 2.33. The molecular weight excluding hydrogens is 332 g/mol. The number of carbonyl (C=O) groups excluding carboxylic acids is 1. The van der Waals surface area contributed by atoms with E-state index in [1.165, 1.54) is 4.68 Å². The molecule has 2 aromatic rings. The Bertz CT molecular complexity index is 653. The number of nitrogens with two attached hydrogens (primary N) is 1. The van der Waals surface area contributed by atoms with Gasteiger partial charge in [0.25, 0.3) is 5.91 Å². The predicted molar refractivity (Wildman–Crippen MR) is 79.5 cm³/mol. The van der Waals surface area contributed by atoms with Gasteiger partial charge in [-0.05, 0) is 40.5 Å². The van der Waals surface area contributed by atoms with E-state index in [1.807, 2.05) is 13.0 Å². The number of benzene rings is 1. The van der Waals surface area contributed by atoms with Gasteiger partial charge in [-0.3, -0.25) is 9.48 Å². The van der Waals surface area contributed by atoms with E-state index < -0.39 is 0 Å². The molecule has 0 spiro atoms. The Hall–Kier alpha value is -1.53. The highest BCUT2D eigenvalue weighted by molar-refractivity contribution is 9.10. The minimum atomic E-state index is -0.376.